The van der Waals surface area contributed by atoms with Crippen LogP contribution in [0.5, 0.6) is 5.75 Å². The molecule has 7 heteroatoms. The molecule has 0 heterocycles. The van der Waals surface area contributed by atoms with Crippen LogP contribution in [0.25, 0.3) is 0 Å². The van der Waals surface area contributed by atoms with Crippen molar-refractivity contribution in [3.8, 4) is 5.75 Å². The molecule has 0 aliphatic rings. The largest absolute Gasteiger partial charge is 0.484 e. The van der Waals surface area contributed by atoms with E-state index in [1.54, 1.807) is 42.5 Å². The minimum Gasteiger partial charge on any atom is -0.484 e. The zero-order valence-electron chi connectivity index (χ0n) is 18.7. The van der Waals surface area contributed by atoms with Gasteiger partial charge in [-0.1, -0.05) is 66.2 Å². The summed E-state index contributed by atoms with van der Waals surface area (Å²) in [5, 5.41) is 5.91. The fourth-order valence-corrected chi connectivity index (χ4v) is 4.50. The van der Waals surface area contributed by atoms with Crippen molar-refractivity contribution < 1.29 is 14.3 Å². The second-order valence-electron chi connectivity index (χ2n) is 7.58. The van der Waals surface area contributed by atoms with Crippen LogP contribution in [0.2, 0.25) is 5.02 Å². The van der Waals surface area contributed by atoms with Gasteiger partial charge in [0.2, 0.25) is 5.91 Å². The van der Waals surface area contributed by atoms with Gasteiger partial charge in [-0.3, -0.25) is 9.59 Å². The number of hydrogen-bond acceptors (Lipinski definition) is 4. The zero-order valence-corrected chi connectivity index (χ0v) is 20.3. The number of halogens is 1. The van der Waals surface area contributed by atoms with Gasteiger partial charge >= 0.3 is 0 Å². The first-order valence-electron chi connectivity index (χ1n) is 10.9. The highest BCUT2D eigenvalue weighted by Crippen LogP contribution is 2.37. The Morgan fingerprint density at radius 2 is 1.46 bits per heavy atom. The van der Waals surface area contributed by atoms with Crippen LogP contribution < -0.4 is 15.4 Å². The van der Waals surface area contributed by atoms with Crippen molar-refractivity contribution in [1.29, 1.82) is 0 Å². The van der Waals surface area contributed by atoms with Crippen LogP contribution in [0.15, 0.2) is 114 Å². The second kappa shape index (κ2) is 12.1. The summed E-state index contributed by atoms with van der Waals surface area (Å²) in [6.07, 6.45) is 0. The molecule has 2 amide bonds. The van der Waals surface area contributed by atoms with Crippen molar-refractivity contribution >= 4 is 46.6 Å². The Hall–Kier alpha value is -3.74. The Morgan fingerprint density at radius 3 is 2.17 bits per heavy atom. The van der Waals surface area contributed by atoms with E-state index in [9.17, 15) is 9.59 Å². The average molecular weight is 503 g/mol. The molecule has 1 unspecified atom stereocenters. The number of anilines is 2. The van der Waals surface area contributed by atoms with Gasteiger partial charge in [-0.25, -0.2) is 0 Å². The maximum Gasteiger partial charge on any atom is 0.262 e. The molecular formula is C28H23ClN2O3S. The summed E-state index contributed by atoms with van der Waals surface area (Å²) in [7, 11) is 0. The number of rotatable bonds is 9. The highest BCUT2D eigenvalue weighted by molar-refractivity contribution is 8.00. The van der Waals surface area contributed by atoms with E-state index >= 15 is 0 Å². The Bertz CT molecular complexity index is 1270. The highest BCUT2D eigenvalue weighted by Gasteiger charge is 2.22. The molecule has 0 aliphatic carbocycles. The van der Waals surface area contributed by atoms with Crippen LogP contribution in [-0.2, 0) is 9.59 Å². The molecule has 0 radical (unpaired) electrons. The number of benzene rings is 4. The van der Waals surface area contributed by atoms with Gasteiger partial charge in [0.1, 0.15) is 11.0 Å². The van der Waals surface area contributed by atoms with Crippen molar-refractivity contribution in [2.45, 2.75) is 10.1 Å². The van der Waals surface area contributed by atoms with E-state index in [-0.39, 0.29) is 18.4 Å². The van der Waals surface area contributed by atoms with Crippen molar-refractivity contribution in [3.05, 3.63) is 120 Å². The Labute approximate surface area is 213 Å². The number of hydrogen-bond donors (Lipinski definition) is 2. The molecular weight excluding hydrogens is 480 g/mol. The SMILES string of the molecule is O=C(COc1ccccc1)Nc1cccc(SC(C(=O)Nc2ccc(Cl)cc2)c2ccccc2)c1. The number of ether oxygens (including phenoxy) is 1. The molecule has 4 aromatic rings. The van der Waals surface area contributed by atoms with Gasteiger partial charge < -0.3 is 15.4 Å². The number of carbonyl (C=O) groups is 2. The third-order valence-corrected chi connectivity index (χ3v) is 6.44. The summed E-state index contributed by atoms with van der Waals surface area (Å²) in [6, 6.07) is 33.1. The Kier molecular flexibility index (Phi) is 8.44. The third-order valence-electron chi connectivity index (χ3n) is 4.94. The van der Waals surface area contributed by atoms with Gasteiger partial charge in [0.15, 0.2) is 6.61 Å². The minimum absolute atomic E-state index is 0.0997. The zero-order chi connectivity index (χ0) is 24.5. The molecule has 0 aliphatic heterocycles. The van der Waals surface area contributed by atoms with Crippen LogP contribution in [0, 0.1) is 0 Å². The average Bonchev–Trinajstić information content (AvgIpc) is 2.89. The quantitative estimate of drug-likeness (QED) is 0.246. The second-order valence-corrected chi connectivity index (χ2v) is 9.20. The van der Waals surface area contributed by atoms with Crippen LogP contribution in [-0.4, -0.2) is 18.4 Å². The van der Waals surface area contributed by atoms with Crippen molar-refractivity contribution in [3.63, 3.8) is 0 Å². The molecule has 4 rings (SSSR count). The smallest absolute Gasteiger partial charge is 0.262 e. The summed E-state index contributed by atoms with van der Waals surface area (Å²) < 4.78 is 5.51. The molecule has 2 N–H and O–H groups in total. The number of carbonyl (C=O) groups excluding carboxylic acids is 2. The van der Waals surface area contributed by atoms with Gasteiger partial charge in [0.25, 0.3) is 5.91 Å². The van der Waals surface area contributed by atoms with Gasteiger partial charge in [-0.2, -0.15) is 0 Å². The van der Waals surface area contributed by atoms with E-state index < -0.39 is 5.25 Å². The van der Waals surface area contributed by atoms with Crippen LogP contribution in [0.1, 0.15) is 10.8 Å². The molecule has 0 bridgehead atoms. The lowest BCUT2D eigenvalue weighted by molar-refractivity contribution is -0.118. The molecule has 35 heavy (non-hydrogen) atoms. The summed E-state index contributed by atoms with van der Waals surface area (Å²) in [5.41, 5.74) is 2.16. The van der Waals surface area contributed by atoms with Crippen molar-refractivity contribution in [1.82, 2.24) is 0 Å². The molecule has 0 aromatic heterocycles. The molecule has 4 aromatic carbocycles. The lowest BCUT2D eigenvalue weighted by Crippen LogP contribution is -2.20. The van der Waals surface area contributed by atoms with Gasteiger partial charge in [-0.05, 0) is 60.2 Å². The first-order valence-corrected chi connectivity index (χ1v) is 12.2. The number of para-hydroxylation sites is 1. The van der Waals surface area contributed by atoms with E-state index in [0.29, 0.717) is 22.1 Å². The molecule has 0 fully saturated rings. The monoisotopic (exact) mass is 502 g/mol. The normalized spacial score (nSPS) is 11.3. The summed E-state index contributed by atoms with van der Waals surface area (Å²) >= 11 is 7.36. The summed E-state index contributed by atoms with van der Waals surface area (Å²) in [5.74, 6) is 0.203. The lowest BCUT2D eigenvalue weighted by atomic mass is 10.1. The number of amides is 2. The third kappa shape index (κ3) is 7.37. The van der Waals surface area contributed by atoms with Crippen LogP contribution in [0.4, 0.5) is 11.4 Å². The molecule has 176 valence electrons. The first kappa shape index (κ1) is 24.4. The maximum atomic E-state index is 13.2. The molecule has 1 atom stereocenters. The predicted molar refractivity (Wildman–Crippen MR) is 142 cm³/mol. The molecule has 0 saturated heterocycles. The molecule has 0 saturated carbocycles. The number of nitrogens with one attached hydrogen (secondary N) is 2. The highest BCUT2D eigenvalue weighted by atomic mass is 35.5. The molecule has 0 spiro atoms. The predicted octanol–water partition coefficient (Wildman–Crippen LogP) is 6.83. The van der Waals surface area contributed by atoms with E-state index in [4.69, 9.17) is 16.3 Å². The van der Waals surface area contributed by atoms with Gasteiger partial charge in [0, 0.05) is 21.3 Å². The number of thioether (sulfide) groups is 1. The standard InChI is InChI=1S/C28H23ClN2O3S/c29-21-14-16-22(17-15-21)31-28(33)27(20-8-3-1-4-9-20)35-25-13-7-10-23(18-25)30-26(32)19-34-24-11-5-2-6-12-24/h1-18,27H,19H2,(H,30,32)(H,31,33). The summed E-state index contributed by atoms with van der Waals surface area (Å²) in [4.78, 5) is 26.4. The summed E-state index contributed by atoms with van der Waals surface area (Å²) in [6.45, 7) is -0.0997. The maximum absolute atomic E-state index is 13.2. The van der Waals surface area contributed by atoms with E-state index in [1.165, 1.54) is 11.8 Å². The van der Waals surface area contributed by atoms with Crippen molar-refractivity contribution in [2.75, 3.05) is 17.2 Å². The van der Waals surface area contributed by atoms with E-state index in [1.807, 2.05) is 66.7 Å². The Morgan fingerprint density at radius 1 is 0.771 bits per heavy atom. The minimum atomic E-state index is -0.501. The lowest BCUT2D eigenvalue weighted by Gasteiger charge is -2.18. The van der Waals surface area contributed by atoms with E-state index in [0.717, 1.165) is 10.5 Å². The molecule has 5 nitrogen and oxygen atoms in total. The Balaban J connectivity index is 1.45. The fraction of sp³-hybridized carbons (Fsp3) is 0.0714. The van der Waals surface area contributed by atoms with Crippen LogP contribution in [0.3, 0.4) is 0 Å². The fourth-order valence-electron chi connectivity index (χ4n) is 3.29. The van der Waals surface area contributed by atoms with E-state index in [2.05, 4.69) is 10.6 Å². The van der Waals surface area contributed by atoms with Gasteiger partial charge in [0.05, 0.1) is 0 Å². The van der Waals surface area contributed by atoms with Gasteiger partial charge in [-0.15, -0.1) is 11.8 Å². The first-order chi connectivity index (χ1) is 17.1. The topological polar surface area (TPSA) is 67.4 Å². The van der Waals surface area contributed by atoms with Crippen molar-refractivity contribution in [2.24, 2.45) is 0 Å². The van der Waals surface area contributed by atoms with Crippen LogP contribution >= 0.6 is 23.4 Å².